The summed E-state index contributed by atoms with van der Waals surface area (Å²) in [6.45, 7) is -0.859. The van der Waals surface area contributed by atoms with Crippen molar-refractivity contribution in [2.45, 2.75) is 12.3 Å². The van der Waals surface area contributed by atoms with Crippen molar-refractivity contribution < 1.29 is 22.7 Å². The molecule has 6 heteroatoms. The molecule has 0 saturated carbocycles. The van der Waals surface area contributed by atoms with Crippen LogP contribution >= 0.6 is 0 Å². The minimum Gasteiger partial charge on any atom is -0.365 e. The molecule has 0 unspecified atom stereocenters. The zero-order valence-corrected chi connectivity index (χ0v) is 10.6. The van der Waals surface area contributed by atoms with Crippen molar-refractivity contribution in [1.29, 1.82) is 0 Å². The lowest BCUT2D eigenvalue weighted by Crippen LogP contribution is -2.54. The summed E-state index contributed by atoms with van der Waals surface area (Å²) < 4.78 is 40.4. The summed E-state index contributed by atoms with van der Waals surface area (Å²) in [4.78, 5) is 13.2. The molecule has 1 fully saturated rings. The van der Waals surface area contributed by atoms with Crippen LogP contribution in [0.25, 0.3) is 6.08 Å². The molecule has 0 bridgehead atoms. The number of carbonyl (C=O) groups is 1. The Labute approximate surface area is 114 Å². The molecular formula is C14H14F3NO2. The highest BCUT2D eigenvalue weighted by Crippen LogP contribution is 2.19. The van der Waals surface area contributed by atoms with Crippen LogP contribution in [0.4, 0.5) is 13.2 Å². The third kappa shape index (κ3) is 4.38. The zero-order chi connectivity index (χ0) is 14.6. The van der Waals surface area contributed by atoms with Gasteiger partial charge in [-0.05, 0) is 11.6 Å². The molecule has 0 radical (unpaired) electrons. The average molecular weight is 285 g/mol. The van der Waals surface area contributed by atoms with Crippen molar-refractivity contribution in [1.82, 2.24) is 4.90 Å². The summed E-state index contributed by atoms with van der Waals surface area (Å²) in [6, 6.07) is 9.30. The highest BCUT2D eigenvalue weighted by Gasteiger charge is 2.35. The zero-order valence-electron chi connectivity index (χ0n) is 10.6. The molecule has 0 aromatic heterocycles. The molecule has 1 heterocycles. The van der Waals surface area contributed by atoms with Gasteiger partial charge >= 0.3 is 6.18 Å². The van der Waals surface area contributed by atoms with Gasteiger partial charge in [-0.1, -0.05) is 30.3 Å². The van der Waals surface area contributed by atoms with Gasteiger partial charge in [0.1, 0.15) is 6.61 Å². The largest absolute Gasteiger partial charge is 0.411 e. The lowest BCUT2D eigenvalue weighted by Gasteiger charge is -2.38. The van der Waals surface area contributed by atoms with E-state index in [1.165, 1.54) is 11.0 Å². The number of hydrogen-bond acceptors (Lipinski definition) is 2. The molecule has 1 amide bonds. The molecule has 1 aromatic carbocycles. The minimum atomic E-state index is -4.32. The first kappa shape index (κ1) is 14.6. The number of ether oxygens (including phenoxy) is 1. The van der Waals surface area contributed by atoms with E-state index < -0.39 is 18.9 Å². The van der Waals surface area contributed by atoms with Gasteiger partial charge in [0.25, 0.3) is 0 Å². The van der Waals surface area contributed by atoms with Gasteiger partial charge in [0, 0.05) is 19.2 Å². The Morgan fingerprint density at radius 2 is 1.95 bits per heavy atom. The Balaban J connectivity index is 1.73. The summed E-state index contributed by atoms with van der Waals surface area (Å²) in [5, 5.41) is 0. The van der Waals surface area contributed by atoms with Crippen molar-refractivity contribution >= 4 is 12.0 Å². The van der Waals surface area contributed by atoms with Gasteiger partial charge < -0.3 is 9.64 Å². The Morgan fingerprint density at radius 3 is 2.55 bits per heavy atom. The predicted octanol–water partition coefficient (Wildman–Crippen LogP) is 2.49. The standard InChI is InChI=1S/C14H14F3NO2/c15-14(16,17)10-20-12-8-18(9-12)13(19)7-6-11-4-2-1-3-5-11/h1-7,12H,8-10H2/b7-6+. The predicted molar refractivity (Wildman–Crippen MR) is 67.9 cm³/mol. The molecule has 0 aliphatic carbocycles. The maximum Gasteiger partial charge on any atom is 0.411 e. The molecule has 1 aliphatic heterocycles. The van der Waals surface area contributed by atoms with Crippen molar-refractivity contribution in [3.8, 4) is 0 Å². The molecule has 0 N–H and O–H groups in total. The number of likely N-dealkylation sites (tertiary alicyclic amines) is 1. The first-order valence-corrected chi connectivity index (χ1v) is 6.14. The smallest absolute Gasteiger partial charge is 0.365 e. The highest BCUT2D eigenvalue weighted by atomic mass is 19.4. The summed E-state index contributed by atoms with van der Waals surface area (Å²) in [5.41, 5.74) is 0.895. The summed E-state index contributed by atoms with van der Waals surface area (Å²) >= 11 is 0. The van der Waals surface area contributed by atoms with E-state index in [9.17, 15) is 18.0 Å². The third-order valence-corrected chi connectivity index (χ3v) is 2.86. The fourth-order valence-electron chi connectivity index (χ4n) is 1.77. The van der Waals surface area contributed by atoms with E-state index in [0.29, 0.717) is 0 Å². The van der Waals surface area contributed by atoms with Gasteiger partial charge in [-0.15, -0.1) is 0 Å². The van der Waals surface area contributed by atoms with E-state index in [1.807, 2.05) is 30.3 Å². The van der Waals surface area contributed by atoms with Crippen LogP contribution in [-0.2, 0) is 9.53 Å². The third-order valence-electron chi connectivity index (χ3n) is 2.86. The van der Waals surface area contributed by atoms with Crippen molar-refractivity contribution in [3.05, 3.63) is 42.0 Å². The minimum absolute atomic E-state index is 0.202. The van der Waals surface area contributed by atoms with Crippen LogP contribution in [0.15, 0.2) is 36.4 Å². The molecule has 20 heavy (non-hydrogen) atoms. The van der Waals surface area contributed by atoms with E-state index in [-0.39, 0.29) is 19.0 Å². The summed E-state index contributed by atoms with van der Waals surface area (Å²) in [5.74, 6) is -0.222. The van der Waals surface area contributed by atoms with E-state index in [0.717, 1.165) is 5.56 Å². The Morgan fingerprint density at radius 1 is 1.30 bits per heavy atom. The second-order valence-corrected chi connectivity index (χ2v) is 4.54. The number of halogens is 3. The van der Waals surface area contributed by atoms with Gasteiger partial charge in [0.15, 0.2) is 0 Å². The van der Waals surface area contributed by atoms with Crippen LogP contribution in [0.5, 0.6) is 0 Å². The number of carbonyl (C=O) groups excluding carboxylic acids is 1. The first-order valence-electron chi connectivity index (χ1n) is 6.14. The van der Waals surface area contributed by atoms with Crippen molar-refractivity contribution in [2.75, 3.05) is 19.7 Å². The normalized spacial score (nSPS) is 16.4. The molecule has 1 aromatic rings. The quantitative estimate of drug-likeness (QED) is 0.795. The first-order chi connectivity index (χ1) is 9.44. The van der Waals surface area contributed by atoms with E-state index in [1.54, 1.807) is 6.08 Å². The number of hydrogen-bond donors (Lipinski definition) is 0. The lowest BCUT2D eigenvalue weighted by atomic mass is 10.1. The van der Waals surface area contributed by atoms with Crippen LogP contribution in [0, 0.1) is 0 Å². The van der Waals surface area contributed by atoms with E-state index in [4.69, 9.17) is 0 Å². The van der Waals surface area contributed by atoms with Crippen LogP contribution in [-0.4, -0.2) is 42.8 Å². The Bertz CT molecular complexity index is 479. The van der Waals surface area contributed by atoms with Gasteiger partial charge in [0.05, 0.1) is 6.10 Å². The van der Waals surface area contributed by atoms with Gasteiger partial charge in [0.2, 0.25) is 5.91 Å². The van der Waals surface area contributed by atoms with Gasteiger partial charge in [-0.25, -0.2) is 0 Å². The molecule has 3 nitrogen and oxygen atoms in total. The van der Waals surface area contributed by atoms with Crippen molar-refractivity contribution in [3.63, 3.8) is 0 Å². The Kier molecular flexibility index (Phi) is 4.44. The fourth-order valence-corrected chi connectivity index (χ4v) is 1.77. The summed E-state index contributed by atoms with van der Waals surface area (Å²) in [7, 11) is 0. The molecule has 2 rings (SSSR count). The average Bonchev–Trinajstić information content (AvgIpc) is 2.34. The summed E-state index contributed by atoms with van der Waals surface area (Å²) in [6.07, 6.45) is -1.76. The topological polar surface area (TPSA) is 29.5 Å². The molecule has 0 atom stereocenters. The molecule has 1 saturated heterocycles. The number of rotatable bonds is 4. The SMILES string of the molecule is O=C(/C=C/c1ccccc1)N1CC(OCC(F)(F)F)C1. The number of benzene rings is 1. The number of alkyl halides is 3. The molecule has 0 spiro atoms. The fraction of sp³-hybridized carbons (Fsp3) is 0.357. The van der Waals surface area contributed by atoms with Crippen LogP contribution in [0.1, 0.15) is 5.56 Å². The van der Waals surface area contributed by atoms with Crippen LogP contribution in [0.3, 0.4) is 0 Å². The monoisotopic (exact) mass is 285 g/mol. The lowest BCUT2D eigenvalue weighted by molar-refractivity contribution is -0.199. The Hall–Kier alpha value is -1.82. The second-order valence-electron chi connectivity index (χ2n) is 4.54. The van der Waals surface area contributed by atoms with Crippen LogP contribution < -0.4 is 0 Å². The van der Waals surface area contributed by atoms with E-state index in [2.05, 4.69) is 4.74 Å². The van der Waals surface area contributed by atoms with Crippen molar-refractivity contribution in [2.24, 2.45) is 0 Å². The highest BCUT2D eigenvalue weighted by molar-refractivity contribution is 5.92. The van der Waals surface area contributed by atoms with E-state index >= 15 is 0 Å². The molecular weight excluding hydrogens is 271 g/mol. The maximum atomic E-state index is 11.9. The molecule has 108 valence electrons. The van der Waals surface area contributed by atoms with Gasteiger partial charge in [-0.2, -0.15) is 13.2 Å². The van der Waals surface area contributed by atoms with Crippen LogP contribution in [0.2, 0.25) is 0 Å². The second kappa shape index (κ2) is 6.09. The molecule has 1 aliphatic rings. The van der Waals surface area contributed by atoms with Gasteiger partial charge in [-0.3, -0.25) is 4.79 Å². The number of nitrogens with zero attached hydrogens (tertiary/aromatic N) is 1. The number of amides is 1. The maximum absolute atomic E-state index is 11.9.